The summed E-state index contributed by atoms with van der Waals surface area (Å²) < 4.78 is 6.15. The first-order valence-electron chi connectivity index (χ1n) is 9.13. The van der Waals surface area contributed by atoms with Gasteiger partial charge in [-0.3, -0.25) is 4.79 Å². The lowest BCUT2D eigenvalue weighted by Gasteiger charge is -2.17. The molecule has 4 rings (SSSR count). The topological polar surface area (TPSA) is 107 Å². The Balaban J connectivity index is 0.000000229. The second kappa shape index (κ2) is 8.82. The van der Waals surface area contributed by atoms with Gasteiger partial charge in [0.2, 0.25) is 0 Å². The first-order valence-corrected chi connectivity index (χ1v) is 9.51. The number of ether oxygens (including phenoxy) is 1. The van der Waals surface area contributed by atoms with Gasteiger partial charge in [0.25, 0.3) is 0 Å². The SMILES string of the molecule is CN1C[C@H]2c3ccccc3Oc3ccc(Cl)cc3[C@@H]2C1.O=C(O)CC(O)C(=O)O. The van der Waals surface area contributed by atoms with Crippen LogP contribution in [0.3, 0.4) is 0 Å². The summed E-state index contributed by atoms with van der Waals surface area (Å²) in [7, 11) is 2.18. The molecule has 0 aromatic heterocycles. The van der Waals surface area contributed by atoms with E-state index in [0.29, 0.717) is 11.8 Å². The molecule has 0 radical (unpaired) electrons. The Morgan fingerprint density at radius 3 is 2.34 bits per heavy atom. The van der Waals surface area contributed by atoms with Crippen LogP contribution in [-0.4, -0.2) is 58.4 Å². The summed E-state index contributed by atoms with van der Waals surface area (Å²) in [6.45, 7) is 2.12. The Morgan fingerprint density at radius 2 is 1.72 bits per heavy atom. The van der Waals surface area contributed by atoms with Gasteiger partial charge in [-0.25, -0.2) is 4.79 Å². The summed E-state index contributed by atoms with van der Waals surface area (Å²) in [6.07, 6.45) is -2.54. The fourth-order valence-corrected chi connectivity index (χ4v) is 3.96. The molecule has 8 heteroatoms. The van der Waals surface area contributed by atoms with Gasteiger partial charge in [0.05, 0.1) is 6.42 Å². The van der Waals surface area contributed by atoms with Crippen molar-refractivity contribution in [3.8, 4) is 11.5 Å². The van der Waals surface area contributed by atoms with Gasteiger partial charge in [-0.1, -0.05) is 29.8 Å². The minimum absolute atomic E-state index is 0.456. The van der Waals surface area contributed by atoms with E-state index in [4.69, 9.17) is 31.7 Å². The normalized spacial score (nSPS) is 20.7. The Labute approximate surface area is 173 Å². The molecule has 2 aromatic carbocycles. The number of hydrogen-bond acceptors (Lipinski definition) is 5. The number of rotatable bonds is 3. The number of likely N-dealkylation sites (N-methyl/N-ethyl adjacent to an activating group) is 1. The lowest BCUT2D eigenvalue weighted by molar-refractivity contribution is -0.152. The largest absolute Gasteiger partial charge is 0.481 e. The molecule has 0 bridgehead atoms. The van der Waals surface area contributed by atoms with Crippen molar-refractivity contribution in [3.63, 3.8) is 0 Å². The fraction of sp³-hybridized carbons (Fsp3) is 0.333. The summed E-state index contributed by atoms with van der Waals surface area (Å²) >= 11 is 6.20. The average Bonchev–Trinajstić information content (AvgIpc) is 2.99. The van der Waals surface area contributed by atoms with Crippen LogP contribution in [0.25, 0.3) is 0 Å². The van der Waals surface area contributed by atoms with Crippen molar-refractivity contribution in [3.05, 3.63) is 58.6 Å². The fourth-order valence-electron chi connectivity index (χ4n) is 3.78. The number of aliphatic hydroxyl groups excluding tert-OH is 1. The molecular weight excluding hydrogens is 398 g/mol. The number of benzene rings is 2. The van der Waals surface area contributed by atoms with Crippen molar-refractivity contribution in [1.82, 2.24) is 4.90 Å². The van der Waals surface area contributed by atoms with Crippen molar-refractivity contribution in [2.75, 3.05) is 20.1 Å². The van der Waals surface area contributed by atoms with E-state index in [1.54, 1.807) is 0 Å². The van der Waals surface area contributed by atoms with Gasteiger partial charge in [-0.2, -0.15) is 0 Å². The molecule has 3 atom stereocenters. The highest BCUT2D eigenvalue weighted by molar-refractivity contribution is 6.30. The maximum absolute atomic E-state index is 9.72. The summed E-state index contributed by atoms with van der Waals surface area (Å²) in [5.74, 6) is 0.0269. The second-order valence-corrected chi connectivity index (χ2v) is 7.64. The van der Waals surface area contributed by atoms with Crippen LogP contribution in [-0.2, 0) is 9.59 Å². The van der Waals surface area contributed by atoms with E-state index in [9.17, 15) is 9.59 Å². The van der Waals surface area contributed by atoms with E-state index in [1.807, 2.05) is 18.2 Å². The third-order valence-electron chi connectivity index (χ3n) is 5.07. The summed E-state index contributed by atoms with van der Waals surface area (Å²) in [6, 6.07) is 14.4. The minimum atomic E-state index is -1.79. The van der Waals surface area contributed by atoms with Crippen LogP contribution in [0, 0.1) is 0 Å². The van der Waals surface area contributed by atoms with Gasteiger partial charge in [0, 0.05) is 35.5 Å². The molecule has 2 aliphatic rings. The number of carbonyl (C=O) groups is 2. The Morgan fingerprint density at radius 1 is 1.10 bits per heavy atom. The predicted molar refractivity (Wildman–Crippen MR) is 107 cm³/mol. The van der Waals surface area contributed by atoms with Crippen LogP contribution < -0.4 is 4.74 Å². The number of halogens is 1. The number of fused-ring (bicyclic) bond motifs is 5. The smallest absolute Gasteiger partial charge is 0.333 e. The van der Waals surface area contributed by atoms with E-state index >= 15 is 0 Å². The number of aliphatic hydroxyl groups is 1. The van der Waals surface area contributed by atoms with Crippen molar-refractivity contribution >= 4 is 23.5 Å². The standard InChI is InChI=1S/C17H16ClNO.C4H6O5/c1-19-9-14-12-4-2-3-5-16(12)20-17-7-6-11(18)8-13(17)15(14)10-19;5-2(4(8)9)1-3(6)7/h2-8,14-15H,9-10H2,1H3;2,5H,1H2,(H,6,7)(H,8,9)/t14-,15-;/m0./s1. The third kappa shape index (κ3) is 4.87. The maximum atomic E-state index is 9.72. The lowest BCUT2D eigenvalue weighted by atomic mass is 9.84. The van der Waals surface area contributed by atoms with E-state index in [2.05, 4.69) is 36.2 Å². The highest BCUT2D eigenvalue weighted by Gasteiger charge is 2.38. The molecule has 2 aliphatic heterocycles. The summed E-state index contributed by atoms with van der Waals surface area (Å²) in [5, 5.41) is 24.9. The minimum Gasteiger partial charge on any atom is -0.481 e. The number of para-hydroxylation sites is 1. The molecule has 2 aromatic rings. The summed E-state index contributed by atoms with van der Waals surface area (Å²) in [4.78, 5) is 21.8. The summed E-state index contributed by atoms with van der Waals surface area (Å²) in [5.41, 5.74) is 2.55. The van der Waals surface area contributed by atoms with Crippen molar-refractivity contribution < 1.29 is 29.6 Å². The number of carboxylic acid groups (broad SMARTS) is 2. The van der Waals surface area contributed by atoms with E-state index in [1.165, 1.54) is 11.1 Å². The molecule has 29 heavy (non-hydrogen) atoms. The molecule has 1 fully saturated rings. The van der Waals surface area contributed by atoms with Crippen LogP contribution in [0.5, 0.6) is 11.5 Å². The van der Waals surface area contributed by atoms with Crippen LogP contribution in [0.4, 0.5) is 0 Å². The molecule has 2 heterocycles. The molecule has 0 spiro atoms. The van der Waals surface area contributed by atoms with Crippen molar-refractivity contribution in [1.29, 1.82) is 0 Å². The zero-order valence-corrected chi connectivity index (χ0v) is 16.5. The predicted octanol–water partition coefficient (Wildman–Crippen LogP) is 3.17. The monoisotopic (exact) mass is 419 g/mol. The zero-order valence-electron chi connectivity index (χ0n) is 15.8. The molecule has 1 saturated heterocycles. The third-order valence-corrected chi connectivity index (χ3v) is 5.30. The van der Waals surface area contributed by atoms with Gasteiger partial charge in [0.15, 0.2) is 6.10 Å². The Kier molecular flexibility index (Phi) is 6.42. The molecule has 0 aliphatic carbocycles. The average molecular weight is 420 g/mol. The molecule has 1 unspecified atom stereocenters. The van der Waals surface area contributed by atoms with Gasteiger partial charge in [-0.15, -0.1) is 0 Å². The number of likely N-dealkylation sites (tertiary alicyclic amines) is 1. The molecule has 154 valence electrons. The van der Waals surface area contributed by atoms with Crippen LogP contribution in [0.2, 0.25) is 5.02 Å². The molecule has 3 N–H and O–H groups in total. The van der Waals surface area contributed by atoms with E-state index < -0.39 is 24.5 Å². The van der Waals surface area contributed by atoms with Crippen LogP contribution in [0.15, 0.2) is 42.5 Å². The zero-order chi connectivity index (χ0) is 21.1. The van der Waals surface area contributed by atoms with Gasteiger partial charge in [0.1, 0.15) is 11.5 Å². The Hall–Kier alpha value is -2.61. The van der Waals surface area contributed by atoms with Gasteiger partial charge in [-0.05, 0) is 36.9 Å². The van der Waals surface area contributed by atoms with E-state index in [-0.39, 0.29) is 0 Å². The van der Waals surface area contributed by atoms with Crippen molar-refractivity contribution in [2.45, 2.75) is 24.4 Å². The molecule has 0 saturated carbocycles. The number of aliphatic carboxylic acids is 2. The first-order chi connectivity index (χ1) is 13.8. The number of carboxylic acids is 2. The van der Waals surface area contributed by atoms with E-state index in [0.717, 1.165) is 29.6 Å². The maximum Gasteiger partial charge on any atom is 0.333 e. The van der Waals surface area contributed by atoms with Crippen molar-refractivity contribution in [2.24, 2.45) is 0 Å². The first kappa shape index (κ1) is 21.1. The van der Waals surface area contributed by atoms with Crippen LogP contribution in [0.1, 0.15) is 29.4 Å². The van der Waals surface area contributed by atoms with Gasteiger partial charge >= 0.3 is 11.9 Å². The lowest BCUT2D eigenvalue weighted by Crippen LogP contribution is -2.22. The number of nitrogens with zero attached hydrogens (tertiary/aromatic N) is 1. The molecular formula is C21H22ClNO6. The highest BCUT2D eigenvalue weighted by Crippen LogP contribution is 2.49. The Bertz CT molecular complexity index is 918. The quantitative estimate of drug-likeness (QED) is 0.701. The molecule has 0 amide bonds. The molecule has 7 nitrogen and oxygen atoms in total. The highest BCUT2D eigenvalue weighted by atomic mass is 35.5. The van der Waals surface area contributed by atoms with Crippen LogP contribution >= 0.6 is 11.6 Å². The number of hydrogen-bond donors (Lipinski definition) is 3. The van der Waals surface area contributed by atoms with Gasteiger partial charge < -0.3 is 25.0 Å². The second-order valence-electron chi connectivity index (χ2n) is 7.21.